The Bertz CT molecular complexity index is 258. The van der Waals surface area contributed by atoms with Crippen LogP contribution >= 0.6 is 0 Å². The minimum Gasteiger partial charge on any atom is -0.465 e. The molecule has 1 aliphatic rings. The summed E-state index contributed by atoms with van der Waals surface area (Å²) in [7, 11) is 0. The Morgan fingerprint density at radius 2 is 1.88 bits per heavy atom. The predicted octanol–water partition coefficient (Wildman–Crippen LogP) is 0.847. The normalized spacial score (nSPS) is 24.3. The average Bonchev–Trinajstić information content (AvgIpc) is 2.56. The number of carbonyl (C=O) groups excluding carboxylic acids is 2. The maximum Gasteiger partial charge on any atom is 0.325 e. The molecule has 0 bridgehead atoms. The molecule has 16 heavy (non-hydrogen) atoms. The summed E-state index contributed by atoms with van der Waals surface area (Å²) < 4.78 is 4.72. The van der Waals surface area contributed by atoms with E-state index in [0.717, 1.165) is 13.1 Å². The van der Waals surface area contributed by atoms with Crippen LogP contribution < -0.4 is 5.32 Å². The van der Waals surface area contributed by atoms with Gasteiger partial charge in [-0.15, -0.1) is 0 Å². The summed E-state index contributed by atoms with van der Waals surface area (Å²) in [5, 5.41) is 2.56. The lowest BCUT2D eigenvalue weighted by Gasteiger charge is -2.16. The molecular formula is C11H20N2O3. The number of hydrogen-bond donors (Lipinski definition) is 1. The van der Waals surface area contributed by atoms with Gasteiger partial charge in [-0.3, -0.25) is 4.79 Å². The van der Waals surface area contributed by atoms with Gasteiger partial charge >= 0.3 is 12.0 Å². The van der Waals surface area contributed by atoms with Gasteiger partial charge in [0.1, 0.15) is 6.54 Å². The van der Waals surface area contributed by atoms with Crippen LogP contribution in [0.4, 0.5) is 4.79 Å². The number of nitrogens with one attached hydrogen (secondary N) is 1. The van der Waals surface area contributed by atoms with Crippen LogP contribution in [0.3, 0.4) is 0 Å². The van der Waals surface area contributed by atoms with Crippen molar-refractivity contribution in [2.75, 3.05) is 26.2 Å². The smallest absolute Gasteiger partial charge is 0.325 e. The molecule has 0 aromatic rings. The Labute approximate surface area is 96.1 Å². The summed E-state index contributed by atoms with van der Waals surface area (Å²) in [5.74, 6) is 0.651. The molecule has 2 atom stereocenters. The molecule has 0 aliphatic carbocycles. The van der Waals surface area contributed by atoms with Crippen LogP contribution in [0.5, 0.6) is 0 Å². The molecular weight excluding hydrogens is 208 g/mol. The van der Waals surface area contributed by atoms with Gasteiger partial charge in [0.05, 0.1) is 6.61 Å². The molecule has 0 aromatic carbocycles. The summed E-state index contributed by atoms with van der Waals surface area (Å²) in [6.45, 7) is 7.81. The van der Waals surface area contributed by atoms with Crippen LogP contribution in [0, 0.1) is 11.8 Å². The highest BCUT2D eigenvalue weighted by Gasteiger charge is 2.29. The van der Waals surface area contributed by atoms with Crippen molar-refractivity contribution in [2.45, 2.75) is 20.8 Å². The quantitative estimate of drug-likeness (QED) is 0.728. The first kappa shape index (κ1) is 12.8. The largest absolute Gasteiger partial charge is 0.465 e. The molecule has 1 fully saturated rings. The molecule has 92 valence electrons. The number of nitrogens with zero attached hydrogens (tertiary/aromatic N) is 1. The van der Waals surface area contributed by atoms with E-state index in [9.17, 15) is 9.59 Å². The maximum atomic E-state index is 11.7. The Kier molecular flexibility index (Phi) is 4.58. The van der Waals surface area contributed by atoms with Crippen molar-refractivity contribution in [3.05, 3.63) is 0 Å². The third-order valence-corrected chi connectivity index (χ3v) is 2.96. The number of carbonyl (C=O) groups is 2. The summed E-state index contributed by atoms with van der Waals surface area (Å²) in [6, 6.07) is -0.177. The minimum absolute atomic E-state index is 0.0497. The molecule has 1 heterocycles. The number of likely N-dealkylation sites (tertiary alicyclic amines) is 1. The van der Waals surface area contributed by atoms with Gasteiger partial charge in [-0.2, -0.15) is 0 Å². The third-order valence-electron chi connectivity index (χ3n) is 2.96. The van der Waals surface area contributed by atoms with Crippen LogP contribution in [0.1, 0.15) is 20.8 Å². The topological polar surface area (TPSA) is 58.6 Å². The fourth-order valence-electron chi connectivity index (χ4n) is 1.77. The number of urea groups is 1. The summed E-state index contributed by atoms with van der Waals surface area (Å²) >= 11 is 0. The zero-order valence-corrected chi connectivity index (χ0v) is 10.2. The molecule has 2 amide bonds. The first-order valence-electron chi connectivity index (χ1n) is 5.73. The van der Waals surface area contributed by atoms with Gasteiger partial charge in [0, 0.05) is 13.1 Å². The van der Waals surface area contributed by atoms with Gasteiger partial charge in [0.15, 0.2) is 0 Å². The van der Waals surface area contributed by atoms with Crippen molar-refractivity contribution in [2.24, 2.45) is 11.8 Å². The van der Waals surface area contributed by atoms with Crippen molar-refractivity contribution in [3.8, 4) is 0 Å². The molecule has 0 saturated carbocycles. The molecule has 1 rings (SSSR count). The first-order valence-corrected chi connectivity index (χ1v) is 5.73. The van der Waals surface area contributed by atoms with Crippen LogP contribution in [0.15, 0.2) is 0 Å². The summed E-state index contributed by atoms with van der Waals surface area (Å²) in [5.41, 5.74) is 0. The molecule has 1 saturated heterocycles. The molecule has 5 nitrogen and oxygen atoms in total. The van der Waals surface area contributed by atoms with Gasteiger partial charge in [-0.1, -0.05) is 13.8 Å². The lowest BCUT2D eigenvalue weighted by atomic mass is 10.0. The van der Waals surface area contributed by atoms with Crippen LogP contribution in [-0.2, 0) is 9.53 Å². The van der Waals surface area contributed by atoms with Crippen LogP contribution in [0.2, 0.25) is 0 Å². The van der Waals surface area contributed by atoms with E-state index >= 15 is 0 Å². The van der Waals surface area contributed by atoms with Gasteiger partial charge in [0.2, 0.25) is 0 Å². The highest BCUT2D eigenvalue weighted by atomic mass is 16.5. The van der Waals surface area contributed by atoms with Crippen molar-refractivity contribution < 1.29 is 14.3 Å². The highest BCUT2D eigenvalue weighted by Crippen LogP contribution is 2.21. The zero-order chi connectivity index (χ0) is 12.1. The van der Waals surface area contributed by atoms with E-state index in [1.165, 1.54) is 0 Å². The molecule has 1 aliphatic heterocycles. The van der Waals surface area contributed by atoms with E-state index < -0.39 is 5.97 Å². The van der Waals surface area contributed by atoms with Gasteiger partial charge < -0.3 is 15.0 Å². The molecule has 0 spiro atoms. The number of rotatable bonds is 3. The number of esters is 1. The van der Waals surface area contributed by atoms with E-state index in [4.69, 9.17) is 4.74 Å². The first-order chi connectivity index (χ1) is 7.54. The molecule has 1 N–H and O–H groups in total. The van der Waals surface area contributed by atoms with Crippen molar-refractivity contribution >= 4 is 12.0 Å². The zero-order valence-electron chi connectivity index (χ0n) is 10.2. The molecule has 5 heteroatoms. The Morgan fingerprint density at radius 1 is 1.31 bits per heavy atom. The standard InChI is InChI=1S/C11H20N2O3/c1-4-16-10(14)5-12-11(15)13-6-8(2)9(3)7-13/h8-9H,4-7H2,1-3H3,(H,12,15). The average molecular weight is 228 g/mol. The second-order valence-electron chi connectivity index (χ2n) is 4.32. The van der Waals surface area contributed by atoms with Gasteiger partial charge in [-0.05, 0) is 18.8 Å². The molecule has 0 radical (unpaired) electrons. The molecule has 2 unspecified atom stereocenters. The monoisotopic (exact) mass is 228 g/mol. The fraction of sp³-hybridized carbons (Fsp3) is 0.818. The van der Waals surface area contributed by atoms with E-state index in [1.807, 2.05) is 0 Å². The lowest BCUT2D eigenvalue weighted by Crippen LogP contribution is -2.41. The van der Waals surface area contributed by atoms with E-state index in [-0.39, 0.29) is 12.6 Å². The fourth-order valence-corrected chi connectivity index (χ4v) is 1.77. The second kappa shape index (κ2) is 5.72. The van der Waals surface area contributed by atoms with Crippen molar-refractivity contribution in [3.63, 3.8) is 0 Å². The van der Waals surface area contributed by atoms with Crippen molar-refractivity contribution in [1.29, 1.82) is 0 Å². The second-order valence-corrected chi connectivity index (χ2v) is 4.32. The highest BCUT2D eigenvalue weighted by molar-refractivity contribution is 5.81. The lowest BCUT2D eigenvalue weighted by molar-refractivity contribution is -0.141. The van der Waals surface area contributed by atoms with E-state index in [0.29, 0.717) is 18.4 Å². The van der Waals surface area contributed by atoms with Gasteiger partial charge in [-0.25, -0.2) is 4.79 Å². The maximum absolute atomic E-state index is 11.7. The Hall–Kier alpha value is -1.26. The molecule has 0 aromatic heterocycles. The number of hydrogen-bond acceptors (Lipinski definition) is 3. The Morgan fingerprint density at radius 3 is 2.38 bits per heavy atom. The minimum atomic E-state index is -0.392. The number of amides is 2. The Balaban J connectivity index is 2.28. The van der Waals surface area contributed by atoms with Crippen LogP contribution in [0.25, 0.3) is 0 Å². The third kappa shape index (κ3) is 3.40. The van der Waals surface area contributed by atoms with E-state index in [2.05, 4.69) is 19.2 Å². The number of ether oxygens (including phenoxy) is 1. The summed E-state index contributed by atoms with van der Waals surface area (Å²) in [4.78, 5) is 24.4. The van der Waals surface area contributed by atoms with Crippen molar-refractivity contribution in [1.82, 2.24) is 10.2 Å². The van der Waals surface area contributed by atoms with Crippen LogP contribution in [-0.4, -0.2) is 43.1 Å². The summed E-state index contributed by atoms with van der Waals surface area (Å²) in [6.07, 6.45) is 0. The predicted molar refractivity (Wildman–Crippen MR) is 59.9 cm³/mol. The SMILES string of the molecule is CCOC(=O)CNC(=O)N1CC(C)C(C)C1. The van der Waals surface area contributed by atoms with E-state index in [1.54, 1.807) is 11.8 Å². The van der Waals surface area contributed by atoms with Gasteiger partial charge in [0.25, 0.3) is 0 Å².